The minimum absolute atomic E-state index is 0.125. The largest absolute Gasteiger partial charge is 0.493 e. The predicted octanol–water partition coefficient (Wildman–Crippen LogP) is 1.93. The van der Waals surface area contributed by atoms with Gasteiger partial charge < -0.3 is 19.5 Å². The highest BCUT2D eigenvalue weighted by Gasteiger charge is 2.72. The van der Waals surface area contributed by atoms with Crippen LogP contribution in [-0.4, -0.2) is 54.5 Å². The van der Waals surface area contributed by atoms with Gasteiger partial charge in [0, 0.05) is 16.5 Å². The van der Waals surface area contributed by atoms with Crippen LogP contribution in [0.4, 0.5) is 0 Å². The van der Waals surface area contributed by atoms with Gasteiger partial charge >= 0.3 is 0 Å². The zero-order valence-electron chi connectivity index (χ0n) is 14.2. The van der Waals surface area contributed by atoms with Crippen LogP contribution in [0.3, 0.4) is 0 Å². The van der Waals surface area contributed by atoms with E-state index in [-0.39, 0.29) is 12.1 Å². The Kier molecular flexibility index (Phi) is 2.83. The Bertz CT molecular complexity index is 849. The van der Waals surface area contributed by atoms with Crippen LogP contribution in [0.2, 0.25) is 0 Å². The molecule has 7 heteroatoms. The van der Waals surface area contributed by atoms with E-state index in [1.807, 2.05) is 19.2 Å². The molecule has 0 amide bonds. The average molecular weight is 340 g/mol. The highest BCUT2D eigenvalue weighted by Crippen LogP contribution is 2.64. The van der Waals surface area contributed by atoms with Crippen LogP contribution in [0.1, 0.15) is 17.5 Å². The second kappa shape index (κ2) is 4.69. The van der Waals surface area contributed by atoms with E-state index in [0.29, 0.717) is 12.2 Å². The molecule has 0 aromatic heterocycles. The van der Waals surface area contributed by atoms with Crippen molar-refractivity contribution in [1.82, 2.24) is 4.90 Å². The van der Waals surface area contributed by atoms with Crippen molar-refractivity contribution in [1.29, 1.82) is 0 Å². The molecule has 5 rings (SSSR count). The molecule has 0 saturated carbocycles. The smallest absolute Gasteiger partial charge is 0.166 e. The summed E-state index contributed by atoms with van der Waals surface area (Å²) in [6.07, 6.45) is 4.92. The maximum atomic E-state index is 12.1. The van der Waals surface area contributed by atoms with Gasteiger partial charge in [0.05, 0.1) is 18.6 Å². The van der Waals surface area contributed by atoms with Crippen molar-refractivity contribution in [2.24, 2.45) is 5.11 Å². The highest BCUT2D eigenvalue weighted by molar-refractivity contribution is 5.64. The van der Waals surface area contributed by atoms with Gasteiger partial charge in [-0.05, 0) is 49.7 Å². The van der Waals surface area contributed by atoms with Gasteiger partial charge in [-0.25, -0.2) is 0 Å². The molecule has 5 unspecified atom stereocenters. The Morgan fingerprint density at radius 3 is 3.04 bits per heavy atom. The van der Waals surface area contributed by atoms with Crippen LogP contribution in [0, 0.1) is 0 Å². The minimum atomic E-state index is -1.20. The normalized spacial score (nSPS) is 40.0. The first-order valence-electron chi connectivity index (χ1n) is 8.60. The number of methoxy groups -OCH3 is 1. The first kappa shape index (κ1) is 15.1. The standard InChI is InChI=1S/C18H20N4O3/c1-22-8-7-17-14-6-5-12(20-21-19)18(17,23)13(22)9-10-3-4-11(24-2)16(25-14)15(10)17/h3-6,12-14,23H,7-9H2,1-2H3. The fraction of sp³-hybridized carbons (Fsp3) is 0.556. The minimum Gasteiger partial charge on any atom is -0.493 e. The van der Waals surface area contributed by atoms with E-state index in [1.54, 1.807) is 13.2 Å². The molecule has 25 heavy (non-hydrogen) atoms. The number of likely N-dealkylation sites (N-methyl/N-ethyl adjacent to an activating group) is 1. The quantitative estimate of drug-likeness (QED) is 0.385. The molecule has 130 valence electrons. The van der Waals surface area contributed by atoms with Crippen LogP contribution in [0.25, 0.3) is 10.4 Å². The van der Waals surface area contributed by atoms with Crippen LogP contribution >= 0.6 is 0 Å². The molecule has 1 saturated heterocycles. The number of ether oxygens (including phenoxy) is 2. The molecule has 1 N–H and O–H groups in total. The number of rotatable bonds is 2. The number of hydrogen-bond acceptors (Lipinski definition) is 5. The summed E-state index contributed by atoms with van der Waals surface area (Å²) in [5.74, 6) is 1.42. The van der Waals surface area contributed by atoms with Gasteiger partial charge in [0.15, 0.2) is 11.5 Å². The summed E-state index contributed by atoms with van der Waals surface area (Å²) in [4.78, 5) is 5.19. The van der Waals surface area contributed by atoms with Crippen molar-refractivity contribution in [2.45, 2.75) is 42.0 Å². The van der Waals surface area contributed by atoms with E-state index in [1.165, 1.54) is 5.56 Å². The Hall–Kier alpha value is -2.21. The molecule has 7 nitrogen and oxygen atoms in total. The molecular weight excluding hydrogens is 320 g/mol. The highest BCUT2D eigenvalue weighted by atomic mass is 16.5. The van der Waals surface area contributed by atoms with Gasteiger partial charge in [0.1, 0.15) is 11.7 Å². The molecule has 2 aliphatic heterocycles. The van der Waals surface area contributed by atoms with Gasteiger partial charge in [-0.2, -0.15) is 0 Å². The molecular formula is C18H20N4O3. The van der Waals surface area contributed by atoms with Crippen LogP contribution in [-0.2, 0) is 11.8 Å². The van der Waals surface area contributed by atoms with Gasteiger partial charge in [-0.3, -0.25) is 0 Å². The summed E-state index contributed by atoms with van der Waals surface area (Å²) in [7, 11) is 3.66. The second-order valence-electron chi connectivity index (χ2n) is 7.45. The van der Waals surface area contributed by atoms with E-state index >= 15 is 0 Å². The topological polar surface area (TPSA) is 90.7 Å². The molecule has 5 atom stereocenters. The maximum absolute atomic E-state index is 12.1. The van der Waals surface area contributed by atoms with Gasteiger partial charge in [-0.15, -0.1) is 0 Å². The summed E-state index contributed by atoms with van der Waals surface area (Å²) in [5.41, 5.74) is 9.49. The molecule has 2 aliphatic carbocycles. The van der Waals surface area contributed by atoms with E-state index in [9.17, 15) is 5.11 Å². The lowest BCUT2D eigenvalue weighted by Gasteiger charge is -2.62. The average Bonchev–Trinajstić information content (AvgIpc) is 2.94. The molecule has 1 aromatic rings. The van der Waals surface area contributed by atoms with E-state index in [4.69, 9.17) is 15.0 Å². The maximum Gasteiger partial charge on any atom is 0.166 e. The van der Waals surface area contributed by atoms with E-state index in [2.05, 4.69) is 21.0 Å². The molecule has 2 bridgehead atoms. The first-order chi connectivity index (χ1) is 12.1. The van der Waals surface area contributed by atoms with Gasteiger partial charge in [0.2, 0.25) is 0 Å². The zero-order valence-corrected chi connectivity index (χ0v) is 14.2. The third kappa shape index (κ3) is 1.49. The van der Waals surface area contributed by atoms with Crippen molar-refractivity contribution >= 4 is 0 Å². The first-order valence-corrected chi connectivity index (χ1v) is 8.60. The van der Waals surface area contributed by atoms with E-state index in [0.717, 1.165) is 24.3 Å². The fourth-order valence-corrected chi connectivity index (χ4v) is 5.67. The molecule has 1 spiro atoms. The van der Waals surface area contributed by atoms with Crippen molar-refractivity contribution in [3.8, 4) is 11.5 Å². The molecule has 1 fully saturated rings. The summed E-state index contributed by atoms with van der Waals surface area (Å²) in [6.45, 7) is 0.861. The monoisotopic (exact) mass is 340 g/mol. The number of benzene rings is 1. The molecule has 2 heterocycles. The number of azide groups is 1. The SMILES string of the molecule is COc1ccc2c3c1OC1C=CC(N=[N+]=[N-])C4(O)C(C2)N(C)CCC314. The molecule has 0 radical (unpaired) electrons. The third-order valence-electron chi connectivity index (χ3n) is 6.73. The van der Waals surface area contributed by atoms with Gasteiger partial charge in [0.25, 0.3) is 0 Å². The lowest BCUT2D eigenvalue weighted by molar-refractivity contribution is -0.163. The Morgan fingerprint density at radius 1 is 1.44 bits per heavy atom. The van der Waals surface area contributed by atoms with E-state index < -0.39 is 17.1 Å². The van der Waals surface area contributed by atoms with Crippen LogP contribution in [0.15, 0.2) is 29.4 Å². The Balaban J connectivity index is 1.86. The molecule has 1 aromatic carbocycles. The lowest BCUT2D eigenvalue weighted by atomic mass is 9.49. The fourth-order valence-electron chi connectivity index (χ4n) is 5.67. The van der Waals surface area contributed by atoms with Crippen LogP contribution < -0.4 is 9.47 Å². The predicted molar refractivity (Wildman–Crippen MR) is 90.9 cm³/mol. The number of hydrogen-bond donors (Lipinski definition) is 1. The number of nitrogens with zero attached hydrogens (tertiary/aromatic N) is 4. The number of likely N-dealkylation sites (tertiary alicyclic amines) is 1. The van der Waals surface area contributed by atoms with Crippen molar-refractivity contribution < 1.29 is 14.6 Å². The van der Waals surface area contributed by atoms with Crippen molar-refractivity contribution in [3.05, 3.63) is 45.9 Å². The van der Waals surface area contributed by atoms with Gasteiger partial charge in [-0.1, -0.05) is 17.3 Å². The van der Waals surface area contributed by atoms with Crippen molar-refractivity contribution in [2.75, 3.05) is 20.7 Å². The van der Waals surface area contributed by atoms with Crippen LogP contribution in [0.5, 0.6) is 11.5 Å². The lowest BCUT2D eigenvalue weighted by Crippen LogP contribution is -2.77. The Morgan fingerprint density at radius 2 is 2.28 bits per heavy atom. The Labute approximate surface area is 145 Å². The van der Waals surface area contributed by atoms with Crippen molar-refractivity contribution in [3.63, 3.8) is 0 Å². The summed E-state index contributed by atoms with van der Waals surface area (Å²) in [6, 6.07) is 3.28. The summed E-state index contributed by atoms with van der Waals surface area (Å²) in [5, 5.41) is 16.0. The number of aliphatic hydroxyl groups is 1. The molecule has 4 aliphatic rings. The second-order valence-corrected chi connectivity index (χ2v) is 7.45. The summed E-state index contributed by atoms with van der Waals surface area (Å²) >= 11 is 0. The summed E-state index contributed by atoms with van der Waals surface area (Å²) < 4.78 is 11.8. The third-order valence-corrected chi connectivity index (χ3v) is 6.73. The number of piperidine rings is 1. The zero-order chi connectivity index (χ0) is 17.4.